The Morgan fingerprint density at radius 3 is 2.27 bits per heavy atom. The highest BCUT2D eigenvalue weighted by atomic mass is 16.6. The van der Waals surface area contributed by atoms with Gasteiger partial charge < -0.3 is 14.8 Å². The molecule has 0 saturated heterocycles. The average molecular weight is 355 g/mol. The zero-order chi connectivity index (χ0) is 19.3. The lowest BCUT2D eigenvalue weighted by Crippen LogP contribution is -2.31. The number of ether oxygens (including phenoxy) is 2. The Balaban J connectivity index is 1.87. The molecule has 0 aromatic heterocycles. The van der Waals surface area contributed by atoms with E-state index in [0.29, 0.717) is 11.4 Å². The molecule has 138 valence electrons. The zero-order valence-corrected chi connectivity index (χ0v) is 15.9. The van der Waals surface area contributed by atoms with Crippen LogP contribution in [-0.2, 0) is 14.3 Å². The highest BCUT2D eigenvalue weighted by Crippen LogP contribution is 2.18. The standard InChI is InChI=1S/C21H25NO4/c1-13-6-7-16(4)19(11-13)22-21(24)17(5)26-20(23)12-25-18-9-14(2)8-15(3)10-18/h6-11,17H,12H2,1-5H3,(H,22,24)/t17-/m1/s1. The first-order chi connectivity index (χ1) is 12.2. The summed E-state index contributed by atoms with van der Waals surface area (Å²) in [6.07, 6.45) is -0.912. The van der Waals surface area contributed by atoms with E-state index in [-0.39, 0.29) is 12.5 Å². The summed E-state index contributed by atoms with van der Waals surface area (Å²) in [4.78, 5) is 24.2. The number of hydrogen-bond donors (Lipinski definition) is 1. The van der Waals surface area contributed by atoms with Crippen LogP contribution in [0.25, 0.3) is 0 Å². The van der Waals surface area contributed by atoms with Crippen molar-refractivity contribution in [2.45, 2.75) is 40.7 Å². The van der Waals surface area contributed by atoms with Crippen LogP contribution >= 0.6 is 0 Å². The van der Waals surface area contributed by atoms with Crippen molar-refractivity contribution < 1.29 is 19.1 Å². The number of esters is 1. The molecular formula is C21H25NO4. The topological polar surface area (TPSA) is 64.6 Å². The predicted octanol–water partition coefficient (Wildman–Crippen LogP) is 3.87. The molecular weight excluding hydrogens is 330 g/mol. The van der Waals surface area contributed by atoms with Gasteiger partial charge in [0.25, 0.3) is 5.91 Å². The average Bonchev–Trinajstić information content (AvgIpc) is 2.55. The molecule has 0 unspecified atom stereocenters. The van der Waals surface area contributed by atoms with Gasteiger partial charge in [0.2, 0.25) is 0 Å². The molecule has 2 rings (SSSR count). The summed E-state index contributed by atoms with van der Waals surface area (Å²) >= 11 is 0. The molecule has 26 heavy (non-hydrogen) atoms. The molecule has 5 nitrogen and oxygen atoms in total. The van der Waals surface area contributed by atoms with Gasteiger partial charge in [-0.25, -0.2) is 4.79 Å². The second-order valence-electron chi connectivity index (χ2n) is 6.55. The number of aryl methyl sites for hydroxylation is 4. The van der Waals surface area contributed by atoms with Crippen LogP contribution < -0.4 is 10.1 Å². The predicted molar refractivity (Wildman–Crippen MR) is 102 cm³/mol. The van der Waals surface area contributed by atoms with Gasteiger partial charge in [0.05, 0.1) is 0 Å². The lowest BCUT2D eigenvalue weighted by atomic mass is 10.1. The van der Waals surface area contributed by atoms with Crippen molar-refractivity contribution in [2.75, 3.05) is 11.9 Å². The van der Waals surface area contributed by atoms with E-state index in [4.69, 9.17) is 9.47 Å². The third-order valence-corrected chi connectivity index (χ3v) is 3.88. The van der Waals surface area contributed by atoms with E-state index >= 15 is 0 Å². The van der Waals surface area contributed by atoms with Crippen LogP contribution in [0.2, 0.25) is 0 Å². The van der Waals surface area contributed by atoms with E-state index in [1.165, 1.54) is 6.92 Å². The summed E-state index contributed by atoms with van der Waals surface area (Å²) in [6.45, 7) is 9.06. The molecule has 2 aromatic rings. The van der Waals surface area contributed by atoms with Gasteiger partial charge in [0.1, 0.15) is 5.75 Å². The number of rotatable bonds is 6. The quantitative estimate of drug-likeness (QED) is 0.799. The fraction of sp³-hybridized carbons (Fsp3) is 0.333. The fourth-order valence-corrected chi connectivity index (χ4v) is 2.55. The van der Waals surface area contributed by atoms with Crippen molar-refractivity contribution in [1.29, 1.82) is 0 Å². The van der Waals surface area contributed by atoms with Gasteiger partial charge in [-0.15, -0.1) is 0 Å². The van der Waals surface area contributed by atoms with Crippen LogP contribution in [0.4, 0.5) is 5.69 Å². The van der Waals surface area contributed by atoms with Gasteiger partial charge in [-0.05, 0) is 75.1 Å². The normalized spacial score (nSPS) is 11.6. The van der Waals surface area contributed by atoms with Crippen LogP contribution in [0, 0.1) is 27.7 Å². The van der Waals surface area contributed by atoms with Gasteiger partial charge in [-0.2, -0.15) is 0 Å². The minimum atomic E-state index is -0.912. The first-order valence-corrected chi connectivity index (χ1v) is 8.53. The minimum absolute atomic E-state index is 0.246. The summed E-state index contributed by atoms with van der Waals surface area (Å²) in [6, 6.07) is 11.5. The highest BCUT2D eigenvalue weighted by Gasteiger charge is 2.19. The minimum Gasteiger partial charge on any atom is -0.482 e. The van der Waals surface area contributed by atoms with Crippen LogP contribution in [-0.4, -0.2) is 24.6 Å². The smallest absolute Gasteiger partial charge is 0.344 e. The maximum atomic E-state index is 12.2. The van der Waals surface area contributed by atoms with E-state index in [2.05, 4.69) is 5.32 Å². The first kappa shape index (κ1) is 19.5. The van der Waals surface area contributed by atoms with Crippen LogP contribution in [0.15, 0.2) is 36.4 Å². The van der Waals surface area contributed by atoms with E-state index in [9.17, 15) is 9.59 Å². The van der Waals surface area contributed by atoms with E-state index in [1.807, 2.05) is 64.1 Å². The first-order valence-electron chi connectivity index (χ1n) is 8.53. The van der Waals surface area contributed by atoms with E-state index in [1.54, 1.807) is 0 Å². The molecule has 5 heteroatoms. The molecule has 0 spiro atoms. The summed E-state index contributed by atoms with van der Waals surface area (Å²) in [5.74, 6) is -0.363. The van der Waals surface area contributed by atoms with Crippen molar-refractivity contribution in [3.63, 3.8) is 0 Å². The van der Waals surface area contributed by atoms with Crippen molar-refractivity contribution in [1.82, 2.24) is 0 Å². The van der Waals surface area contributed by atoms with E-state index < -0.39 is 12.1 Å². The molecule has 2 aromatic carbocycles. The van der Waals surface area contributed by atoms with Crippen molar-refractivity contribution in [3.05, 3.63) is 58.7 Å². The number of anilines is 1. The second kappa shape index (κ2) is 8.52. The number of amides is 1. The zero-order valence-electron chi connectivity index (χ0n) is 15.9. The number of carbonyl (C=O) groups excluding carboxylic acids is 2. The molecule has 0 fully saturated rings. The Hall–Kier alpha value is -2.82. The lowest BCUT2D eigenvalue weighted by molar-refractivity contribution is -0.155. The monoisotopic (exact) mass is 355 g/mol. The molecule has 1 atom stereocenters. The van der Waals surface area contributed by atoms with Crippen LogP contribution in [0.5, 0.6) is 5.75 Å². The highest BCUT2D eigenvalue weighted by molar-refractivity contribution is 5.95. The van der Waals surface area contributed by atoms with E-state index in [0.717, 1.165) is 22.3 Å². The van der Waals surface area contributed by atoms with Gasteiger partial charge in [-0.1, -0.05) is 18.2 Å². The SMILES string of the molecule is Cc1cc(C)cc(OCC(=O)O[C@H](C)C(=O)Nc2cc(C)ccc2C)c1. The maximum Gasteiger partial charge on any atom is 0.344 e. The molecule has 0 bridgehead atoms. The van der Waals surface area contributed by atoms with Crippen molar-refractivity contribution in [3.8, 4) is 5.75 Å². The van der Waals surface area contributed by atoms with Crippen molar-refractivity contribution in [2.24, 2.45) is 0 Å². The van der Waals surface area contributed by atoms with Gasteiger partial charge in [-0.3, -0.25) is 4.79 Å². The molecule has 0 aliphatic carbocycles. The fourth-order valence-electron chi connectivity index (χ4n) is 2.55. The third-order valence-electron chi connectivity index (χ3n) is 3.88. The van der Waals surface area contributed by atoms with Crippen LogP contribution in [0.1, 0.15) is 29.2 Å². The molecule has 0 heterocycles. The Morgan fingerprint density at radius 2 is 1.62 bits per heavy atom. The molecule has 0 radical (unpaired) electrons. The Bertz CT molecular complexity index is 793. The molecule has 0 aliphatic heterocycles. The Kier molecular flexibility index (Phi) is 6.39. The number of carbonyl (C=O) groups is 2. The summed E-state index contributed by atoms with van der Waals surface area (Å²) in [7, 11) is 0. The summed E-state index contributed by atoms with van der Waals surface area (Å²) < 4.78 is 10.6. The summed E-state index contributed by atoms with van der Waals surface area (Å²) in [5, 5.41) is 2.79. The lowest BCUT2D eigenvalue weighted by Gasteiger charge is -2.15. The van der Waals surface area contributed by atoms with Gasteiger partial charge in [0, 0.05) is 5.69 Å². The second-order valence-corrected chi connectivity index (χ2v) is 6.55. The van der Waals surface area contributed by atoms with Gasteiger partial charge in [0.15, 0.2) is 12.7 Å². The molecule has 0 aliphatic rings. The molecule has 0 saturated carbocycles. The number of benzene rings is 2. The Morgan fingerprint density at radius 1 is 0.962 bits per heavy atom. The molecule has 1 amide bonds. The largest absolute Gasteiger partial charge is 0.482 e. The molecule has 1 N–H and O–H groups in total. The maximum absolute atomic E-state index is 12.2. The third kappa shape index (κ3) is 5.62. The number of hydrogen-bond acceptors (Lipinski definition) is 4. The Labute approximate surface area is 154 Å². The van der Waals surface area contributed by atoms with Crippen LogP contribution in [0.3, 0.4) is 0 Å². The summed E-state index contributed by atoms with van der Waals surface area (Å²) in [5.41, 5.74) is 4.80. The van der Waals surface area contributed by atoms with Gasteiger partial charge >= 0.3 is 5.97 Å². The van der Waals surface area contributed by atoms with Crippen molar-refractivity contribution >= 4 is 17.6 Å². The number of nitrogens with one attached hydrogen (secondary N) is 1.